The Labute approximate surface area is 125 Å². The second kappa shape index (κ2) is 6.67. The van der Waals surface area contributed by atoms with Gasteiger partial charge in [0.1, 0.15) is 0 Å². The van der Waals surface area contributed by atoms with Gasteiger partial charge in [-0.25, -0.2) is 0 Å². The monoisotopic (exact) mass is 309 g/mol. The molecule has 1 atom stereocenters. The molecule has 1 amide bonds. The van der Waals surface area contributed by atoms with Crippen LogP contribution in [-0.2, 0) is 9.59 Å². The molecule has 1 aliphatic heterocycles. The van der Waals surface area contributed by atoms with Gasteiger partial charge in [-0.05, 0) is 24.1 Å². The Hall–Kier alpha value is -1.66. The van der Waals surface area contributed by atoms with Crippen molar-refractivity contribution >= 4 is 45.4 Å². The SMILES string of the molecule is C/C(=N\N=C1\NC(=O)C(CC(=O)Cl)S1)c1ccccc1. The summed E-state index contributed by atoms with van der Waals surface area (Å²) in [6.07, 6.45) is -0.0154. The van der Waals surface area contributed by atoms with Gasteiger partial charge in [0.05, 0.1) is 11.0 Å². The smallest absolute Gasteiger partial charge is 0.240 e. The van der Waals surface area contributed by atoms with E-state index in [4.69, 9.17) is 11.6 Å². The van der Waals surface area contributed by atoms with E-state index in [1.807, 2.05) is 37.3 Å². The third-order valence-corrected chi connectivity index (χ3v) is 3.83. The first-order valence-electron chi connectivity index (χ1n) is 5.90. The maximum Gasteiger partial charge on any atom is 0.240 e. The molecule has 1 aromatic carbocycles. The predicted molar refractivity (Wildman–Crippen MR) is 81.1 cm³/mol. The van der Waals surface area contributed by atoms with Crippen LogP contribution < -0.4 is 5.32 Å². The van der Waals surface area contributed by atoms with Crippen LogP contribution in [0.1, 0.15) is 18.9 Å². The van der Waals surface area contributed by atoms with Crippen LogP contribution in [0.25, 0.3) is 0 Å². The molecular weight excluding hydrogens is 298 g/mol. The van der Waals surface area contributed by atoms with Crippen LogP contribution >= 0.6 is 23.4 Å². The van der Waals surface area contributed by atoms with Gasteiger partial charge in [0.15, 0.2) is 5.17 Å². The van der Waals surface area contributed by atoms with Crippen molar-refractivity contribution < 1.29 is 9.59 Å². The normalized spacial score (nSPS) is 21.1. The maximum absolute atomic E-state index is 11.6. The molecule has 1 fully saturated rings. The van der Waals surface area contributed by atoms with Crippen LogP contribution in [0.5, 0.6) is 0 Å². The van der Waals surface area contributed by atoms with Gasteiger partial charge in [0, 0.05) is 6.42 Å². The molecule has 0 aliphatic carbocycles. The molecule has 1 saturated heterocycles. The highest BCUT2D eigenvalue weighted by Crippen LogP contribution is 2.23. The molecule has 1 unspecified atom stereocenters. The van der Waals surface area contributed by atoms with Crippen molar-refractivity contribution in [3.63, 3.8) is 0 Å². The summed E-state index contributed by atoms with van der Waals surface area (Å²) in [6.45, 7) is 1.83. The number of carbonyl (C=O) groups excluding carboxylic acids is 2. The Morgan fingerprint density at radius 3 is 2.75 bits per heavy atom. The summed E-state index contributed by atoms with van der Waals surface area (Å²) < 4.78 is 0. The minimum atomic E-state index is -0.539. The summed E-state index contributed by atoms with van der Waals surface area (Å²) in [7, 11) is 0. The van der Waals surface area contributed by atoms with E-state index in [1.165, 1.54) is 0 Å². The van der Waals surface area contributed by atoms with E-state index in [0.29, 0.717) is 5.17 Å². The van der Waals surface area contributed by atoms with E-state index < -0.39 is 10.5 Å². The fourth-order valence-electron chi connectivity index (χ4n) is 1.59. The second-order valence-corrected chi connectivity index (χ2v) is 5.72. The van der Waals surface area contributed by atoms with Gasteiger partial charge in [0.25, 0.3) is 0 Å². The molecule has 1 aromatic rings. The van der Waals surface area contributed by atoms with Crippen LogP contribution in [0.15, 0.2) is 40.5 Å². The van der Waals surface area contributed by atoms with E-state index >= 15 is 0 Å². The summed E-state index contributed by atoms with van der Waals surface area (Å²) in [6, 6.07) is 9.59. The topological polar surface area (TPSA) is 70.9 Å². The van der Waals surface area contributed by atoms with Crippen LogP contribution in [-0.4, -0.2) is 27.3 Å². The van der Waals surface area contributed by atoms with Gasteiger partial charge in [-0.3, -0.25) is 9.59 Å². The molecule has 7 heteroatoms. The lowest BCUT2D eigenvalue weighted by atomic mass is 10.1. The lowest BCUT2D eigenvalue weighted by molar-refractivity contribution is -0.121. The zero-order valence-corrected chi connectivity index (χ0v) is 12.2. The highest BCUT2D eigenvalue weighted by atomic mass is 35.5. The molecule has 0 bridgehead atoms. The Bertz CT molecular complexity index is 587. The zero-order valence-electron chi connectivity index (χ0n) is 10.7. The number of amidine groups is 1. The minimum Gasteiger partial charge on any atom is -0.303 e. The number of nitrogens with zero attached hydrogens (tertiary/aromatic N) is 2. The lowest BCUT2D eigenvalue weighted by Gasteiger charge is -1.98. The standard InChI is InChI=1S/C13H12ClN3O2S/c1-8(9-5-3-2-4-6-9)16-17-13-15-12(19)10(20-13)7-11(14)18/h2-6,10H,7H2,1H3,(H,15,17,19)/b16-8+. The number of thioether (sulfide) groups is 1. The van der Waals surface area contributed by atoms with Gasteiger partial charge >= 0.3 is 0 Å². The van der Waals surface area contributed by atoms with Gasteiger partial charge in [-0.2, -0.15) is 5.10 Å². The Balaban J connectivity index is 2.06. The lowest BCUT2D eigenvalue weighted by Crippen LogP contribution is -2.25. The van der Waals surface area contributed by atoms with Crippen molar-refractivity contribution in [3.8, 4) is 0 Å². The molecule has 104 valence electrons. The average molecular weight is 310 g/mol. The van der Waals surface area contributed by atoms with Gasteiger partial charge < -0.3 is 5.32 Å². The molecule has 1 heterocycles. The quantitative estimate of drug-likeness (QED) is 0.526. The average Bonchev–Trinajstić information content (AvgIpc) is 2.77. The molecule has 0 radical (unpaired) electrons. The molecule has 0 saturated carbocycles. The van der Waals surface area contributed by atoms with Crippen molar-refractivity contribution in [2.75, 3.05) is 0 Å². The number of halogens is 1. The highest BCUT2D eigenvalue weighted by Gasteiger charge is 2.31. The molecule has 0 spiro atoms. The van der Waals surface area contributed by atoms with Crippen molar-refractivity contribution in [1.29, 1.82) is 0 Å². The maximum atomic E-state index is 11.6. The first-order valence-corrected chi connectivity index (χ1v) is 7.15. The predicted octanol–water partition coefficient (Wildman–Crippen LogP) is 2.15. The summed E-state index contributed by atoms with van der Waals surface area (Å²) in [5, 5.41) is 9.96. The van der Waals surface area contributed by atoms with E-state index in [1.54, 1.807) is 0 Å². The minimum absolute atomic E-state index is 0.0154. The fourth-order valence-corrected chi connectivity index (χ4v) is 2.75. The van der Waals surface area contributed by atoms with Gasteiger partial charge in [-0.15, -0.1) is 5.10 Å². The van der Waals surface area contributed by atoms with Crippen molar-refractivity contribution in [1.82, 2.24) is 5.32 Å². The van der Waals surface area contributed by atoms with Crippen LogP contribution in [0.4, 0.5) is 0 Å². The van der Waals surface area contributed by atoms with E-state index in [2.05, 4.69) is 15.5 Å². The van der Waals surface area contributed by atoms with Crippen LogP contribution in [0, 0.1) is 0 Å². The number of rotatable bonds is 4. The molecular formula is C13H12ClN3O2S. The summed E-state index contributed by atoms with van der Waals surface area (Å²) >= 11 is 6.44. The molecule has 0 aromatic heterocycles. The molecule has 1 aliphatic rings. The Morgan fingerprint density at radius 2 is 2.10 bits per heavy atom. The fraction of sp³-hybridized carbons (Fsp3) is 0.231. The molecule has 20 heavy (non-hydrogen) atoms. The van der Waals surface area contributed by atoms with Crippen molar-refractivity contribution in [3.05, 3.63) is 35.9 Å². The van der Waals surface area contributed by atoms with E-state index in [0.717, 1.165) is 23.0 Å². The van der Waals surface area contributed by atoms with Crippen LogP contribution in [0.2, 0.25) is 0 Å². The third kappa shape index (κ3) is 3.91. The first-order chi connectivity index (χ1) is 9.56. The van der Waals surface area contributed by atoms with Crippen LogP contribution in [0.3, 0.4) is 0 Å². The zero-order chi connectivity index (χ0) is 14.5. The highest BCUT2D eigenvalue weighted by molar-refractivity contribution is 8.15. The Kier molecular flexibility index (Phi) is 4.92. The first kappa shape index (κ1) is 14.7. The second-order valence-electron chi connectivity index (χ2n) is 4.11. The number of amides is 1. The number of hydrogen-bond acceptors (Lipinski definition) is 5. The number of hydrogen-bond donors (Lipinski definition) is 1. The van der Waals surface area contributed by atoms with Gasteiger partial charge in [0.2, 0.25) is 11.1 Å². The largest absolute Gasteiger partial charge is 0.303 e. The molecule has 1 N–H and O–H groups in total. The molecule has 2 rings (SSSR count). The van der Waals surface area contributed by atoms with E-state index in [-0.39, 0.29) is 12.3 Å². The summed E-state index contributed by atoms with van der Waals surface area (Å²) in [4.78, 5) is 22.4. The summed E-state index contributed by atoms with van der Waals surface area (Å²) in [5.74, 6) is -0.268. The Morgan fingerprint density at radius 1 is 1.40 bits per heavy atom. The number of nitrogens with one attached hydrogen (secondary N) is 1. The molecule has 5 nitrogen and oxygen atoms in total. The summed E-state index contributed by atoms with van der Waals surface area (Å²) in [5.41, 5.74) is 1.70. The van der Waals surface area contributed by atoms with E-state index in [9.17, 15) is 9.59 Å². The van der Waals surface area contributed by atoms with Crippen molar-refractivity contribution in [2.45, 2.75) is 18.6 Å². The van der Waals surface area contributed by atoms with Gasteiger partial charge in [-0.1, -0.05) is 42.1 Å². The van der Waals surface area contributed by atoms with Crippen molar-refractivity contribution in [2.24, 2.45) is 10.2 Å². The number of benzene rings is 1. The third-order valence-electron chi connectivity index (χ3n) is 2.60. The number of carbonyl (C=O) groups is 2.